The molecule has 0 saturated carbocycles. The van der Waals surface area contributed by atoms with Crippen LogP contribution >= 0.6 is 0 Å². The van der Waals surface area contributed by atoms with Crippen LogP contribution in [-0.4, -0.2) is 40.4 Å². The molecule has 0 radical (unpaired) electrons. The second kappa shape index (κ2) is 6.60. The lowest BCUT2D eigenvalue weighted by Gasteiger charge is -2.39. The van der Waals surface area contributed by atoms with E-state index in [9.17, 15) is 19.2 Å². The maximum atomic E-state index is 12.9. The maximum Gasteiger partial charge on any atom is 0.330 e. The van der Waals surface area contributed by atoms with Crippen molar-refractivity contribution < 1.29 is 24.3 Å². The van der Waals surface area contributed by atoms with Gasteiger partial charge in [-0.1, -0.05) is 37.3 Å². The van der Waals surface area contributed by atoms with Crippen molar-refractivity contribution in [1.82, 2.24) is 10.2 Å². The fourth-order valence-corrected chi connectivity index (χ4v) is 2.78. The highest BCUT2D eigenvalue weighted by atomic mass is 16.4. The van der Waals surface area contributed by atoms with E-state index in [4.69, 9.17) is 5.11 Å². The van der Waals surface area contributed by atoms with E-state index in [0.717, 1.165) is 4.90 Å². The summed E-state index contributed by atoms with van der Waals surface area (Å²) in [5, 5.41) is 10.9. The third-order valence-electron chi connectivity index (χ3n) is 4.03. The zero-order valence-electron chi connectivity index (χ0n) is 12.7. The molecule has 0 aliphatic carbocycles. The smallest absolute Gasteiger partial charge is 0.330 e. The van der Waals surface area contributed by atoms with Gasteiger partial charge in [0.1, 0.15) is 0 Å². The summed E-state index contributed by atoms with van der Waals surface area (Å²) in [4.78, 5) is 48.8. The Morgan fingerprint density at radius 3 is 2.43 bits per heavy atom. The molecule has 1 aliphatic rings. The monoisotopic (exact) mass is 318 g/mol. The Balaban J connectivity index is 2.34. The topological polar surface area (TPSA) is 104 Å². The number of rotatable bonds is 6. The lowest BCUT2D eigenvalue weighted by atomic mass is 9.74. The van der Waals surface area contributed by atoms with Crippen molar-refractivity contribution in [2.24, 2.45) is 0 Å². The van der Waals surface area contributed by atoms with Crippen LogP contribution in [0.2, 0.25) is 0 Å². The summed E-state index contributed by atoms with van der Waals surface area (Å²) >= 11 is 0. The highest BCUT2D eigenvalue weighted by Crippen LogP contribution is 2.33. The zero-order valence-corrected chi connectivity index (χ0v) is 12.7. The van der Waals surface area contributed by atoms with Crippen molar-refractivity contribution in [2.45, 2.75) is 31.6 Å². The number of carboxylic acid groups (broad SMARTS) is 1. The van der Waals surface area contributed by atoms with Gasteiger partial charge in [0, 0.05) is 13.0 Å². The molecular formula is C16H18N2O5. The van der Waals surface area contributed by atoms with Crippen molar-refractivity contribution in [3.63, 3.8) is 0 Å². The number of urea groups is 1. The third-order valence-corrected chi connectivity index (χ3v) is 4.03. The van der Waals surface area contributed by atoms with Gasteiger partial charge in [-0.15, -0.1) is 0 Å². The Hall–Kier alpha value is -2.70. The number of hydrogen-bond acceptors (Lipinski definition) is 4. The fourth-order valence-electron chi connectivity index (χ4n) is 2.78. The largest absolute Gasteiger partial charge is 0.481 e. The molecular weight excluding hydrogens is 300 g/mol. The molecule has 2 rings (SSSR count). The van der Waals surface area contributed by atoms with Gasteiger partial charge in [0.25, 0.3) is 5.91 Å². The number of nitrogens with zero attached hydrogens (tertiary/aromatic N) is 1. The van der Waals surface area contributed by atoms with Gasteiger partial charge in [0.2, 0.25) is 5.91 Å². The number of nitrogens with one attached hydrogen (secondary N) is 1. The Kier molecular flexibility index (Phi) is 4.78. The van der Waals surface area contributed by atoms with Crippen LogP contribution in [0.25, 0.3) is 0 Å². The minimum Gasteiger partial charge on any atom is -0.481 e. The highest BCUT2D eigenvalue weighted by Gasteiger charge is 2.53. The zero-order chi connectivity index (χ0) is 17.0. The minimum atomic E-state index is -1.46. The van der Waals surface area contributed by atoms with Gasteiger partial charge >= 0.3 is 12.0 Å². The Morgan fingerprint density at radius 1 is 1.22 bits per heavy atom. The number of carboxylic acids is 1. The normalized spacial score (nSPS) is 21.3. The molecule has 1 aromatic rings. The van der Waals surface area contributed by atoms with E-state index in [1.165, 1.54) is 0 Å². The standard InChI is InChI=1S/C16H18N2O5/c1-2-16(11-7-4-3-5-8-11)13(21)17-15(23)18(14(16)22)10-6-9-12(19)20/h3-5,7-8H,2,6,9-10H2,1H3,(H,19,20)(H,17,21,23)/t16-/m1/s1. The van der Waals surface area contributed by atoms with Gasteiger partial charge in [-0.05, 0) is 18.4 Å². The van der Waals surface area contributed by atoms with Crippen molar-refractivity contribution in [3.05, 3.63) is 35.9 Å². The van der Waals surface area contributed by atoms with Gasteiger partial charge in [-0.3, -0.25) is 24.6 Å². The van der Waals surface area contributed by atoms with Crippen molar-refractivity contribution in [1.29, 1.82) is 0 Å². The molecule has 1 heterocycles. The molecule has 1 atom stereocenters. The first kappa shape index (κ1) is 16.7. The molecule has 4 amide bonds. The summed E-state index contributed by atoms with van der Waals surface area (Å²) in [5.41, 5.74) is -0.945. The predicted molar refractivity (Wildman–Crippen MR) is 80.5 cm³/mol. The van der Waals surface area contributed by atoms with Crippen LogP contribution in [0.3, 0.4) is 0 Å². The first-order valence-corrected chi connectivity index (χ1v) is 7.38. The average Bonchev–Trinajstić information content (AvgIpc) is 2.52. The average molecular weight is 318 g/mol. The summed E-state index contributed by atoms with van der Waals surface area (Å²) < 4.78 is 0. The molecule has 7 nitrogen and oxygen atoms in total. The van der Waals surface area contributed by atoms with Gasteiger partial charge in [-0.25, -0.2) is 4.79 Å². The van der Waals surface area contributed by atoms with E-state index in [0.29, 0.717) is 5.56 Å². The first-order valence-electron chi connectivity index (χ1n) is 7.38. The second-order valence-electron chi connectivity index (χ2n) is 5.34. The summed E-state index contributed by atoms with van der Waals surface area (Å²) in [6, 6.07) is 7.76. The number of amides is 4. The lowest BCUT2D eigenvalue weighted by molar-refractivity contribution is -0.146. The van der Waals surface area contributed by atoms with Crippen molar-refractivity contribution in [2.75, 3.05) is 6.54 Å². The van der Waals surface area contributed by atoms with Crippen LogP contribution in [0.5, 0.6) is 0 Å². The number of carbonyl (C=O) groups excluding carboxylic acids is 3. The van der Waals surface area contributed by atoms with Crippen LogP contribution in [0.15, 0.2) is 30.3 Å². The van der Waals surface area contributed by atoms with E-state index < -0.39 is 29.2 Å². The number of aliphatic carboxylic acids is 1. The molecule has 1 saturated heterocycles. The second-order valence-corrected chi connectivity index (χ2v) is 5.34. The van der Waals surface area contributed by atoms with Crippen molar-refractivity contribution in [3.8, 4) is 0 Å². The van der Waals surface area contributed by atoms with Crippen molar-refractivity contribution >= 4 is 23.8 Å². The van der Waals surface area contributed by atoms with E-state index in [-0.39, 0.29) is 25.8 Å². The highest BCUT2D eigenvalue weighted by molar-refractivity contribution is 6.22. The van der Waals surface area contributed by atoms with Crippen LogP contribution < -0.4 is 5.32 Å². The number of barbiturate groups is 1. The van der Waals surface area contributed by atoms with Gasteiger partial charge in [0.15, 0.2) is 5.41 Å². The molecule has 7 heteroatoms. The number of carbonyl (C=O) groups is 4. The molecule has 0 aromatic heterocycles. The summed E-state index contributed by atoms with van der Waals surface area (Å²) in [7, 11) is 0. The minimum absolute atomic E-state index is 0.0428. The van der Waals surface area contributed by atoms with Crippen LogP contribution in [0.1, 0.15) is 31.7 Å². The van der Waals surface area contributed by atoms with E-state index in [2.05, 4.69) is 5.32 Å². The number of hydrogen-bond donors (Lipinski definition) is 2. The molecule has 0 bridgehead atoms. The fraction of sp³-hybridized carbons (Fsp3) is 0.375. The quantitative estimate of drug-likeness (QED) is 0.769. The summed E-state index contributed by atoms with van der Waals surface area (Å²) in [6.45, 7) is 1.66. The lowest BCUT2D eigenvalue weighted by Crippen LogP contribution is -2.65. The Labute approximate surface area is 133 Å². The molecule has 2 N–H and O–H groups in total. The van der Waals surface area contributed by atoms with E-state index in [1.54, 1.807) is 37.3 Å². The SMILES string of the molecule is CC[C@@]1(c2ccccc2)C(=O)NC(=O)N(CCCC(=O)O)C1=O. The van der Waals surface area contributed by atoms with Gasteiger partial charge < -0.3 is 5.11 Å². The molecule has 1 aromatic carbocycles. The first-order chi connectivity index (χ1) is 10.9. The molecule has 1 fully saturated rings. The van der Waals surface area contributed by atoms with Crippen LogP contribution in [0, 0.1) is 0 Å². The van der Waals surface area contributed by atoms with E-state index in [1.807, 2.05) is 0 Å². The number of benzene rings is 1. The molecule has 122 valence electrons. The Bertz CT molecular complexity index is 643. The van der Waals surface area contributed by atoms with Gasteiger partial charge in [0.05, 0.1) is 0 Å². The van der Waals surface area contributed by atoms with Crippen LogP contribution in [-0.2, 0) is 19.8 Å². The summed E-state index contributed by atoms with van der Waals surface area (Å²) in [6.07, 6.45) is 0.178. The van der Waals surface area contributed by atoms with Crippen LogP contribution in [0.4, 0.5) is 4.79 Å². The van der Waals surface area contributed by atoms with E-state index >= 15 is 0 Å². The summed E-state index contributed by atoms with van der Waals surface area (Å²) in [5.74, 6) is -2.25. The third kappa shape index (κ3) is 2.94. The molecule has 0 spiro atoms. The molecule has 23 heavy (non-hydrogen) atoms. The molecule has 1 aliphatic heterocycles. The predicted octanol–water partition coefficient (Wildman–Crippen LogP) is 1.28. The molecule has 0 unspecified atom stereocenters. The van der Waals surface area contributed by atoms with Gasteiger partial charge in [-0.2, -0.15) is 0 Å². The Morgan fingerprint density at radius 2 is 1.87 bits per heavy atom. The maximum absolute atomic E-state index is 12.9. The number of imide groups is 2.